The summed E-state index contributed by atoms with van der Waals surface area (Å²) in [4.78, 5) is 22.1. The van der Waals surface area contributed by atoms with E-state index in [0.717, 1.165) is 12.8 Å². The molecular weight excluding hydrogens is 284 g/mol. The fraction of sp³-hybridized carbons (Fsp3) is 0.462. The zero-order chi connectivity index (χ0) is 14.5. The Balaban J connectivity index is 1.98. The summed E-state index contributed by atoms with van der Waals surface area (Å²) in [5.74, 6) is 0.0752. The average molecular weight is 299 g/mol. The van der Waals surface area contributed by atoms with Crippen molar-refractivity contribution in [3.8, 4) is 0 Å². The van der Waals surface area contributed by atoms with Gasteiger partial charge in [-0.2, -0.15) is 0 Å². The zero-order valence-corrected chi connectivity index (χ0v) is 11.6. The third kappa shape index (κ3) is 3.68. The third-order valence-corrected chi connectivity index (χ3v) is 3.62. The van der Waals surface area contributed by atoms with Gasteiger partial charge in [0, 0.05) is 31.4 Å². The SMILES string of the molecule is O=C(NCC1CCOCC1)c1ccc(Cl)c([N+](=O)[O-])c1. The van der Waals surface area contributed by atoms with Gasteiger partial charge in [-0.1, -0.05) is 11.6 Å². The van der Waals surface area contributed by atoms with Crippen molar-refractivity contribution in [1.29, 1.82) is 0 Å². The number of nitrogens with zero attached hydrogens (tertiary/aromatic N) is 1. The van der Waals surface area contributed by atoms with Crippen LogP contribution in [0.5, 0.6) is 0 Å². The second-order valence-electron chi connectivity index (χ2n) is 4.69. The van der Waals surface area contributed by atoms with Crippen molar-refractivity contribution in [1.82, 2.24) is 5.32 Å². The Morgan fingerprint density at radius 2 is 2.15 bits per heavy atom. The average Bonchev–Trinajstić information content (AvgIpc) is 2.46. The van der Waals surface area contributed by atoms with Crippen molar-refractivity contribution in [2.45, 2.75) is 12.8 Å². The predicted octanol–water partition coefficient (Wildman–Crippen LogP) is 2.40. The first-order chi connectivity index (χ1) is 9.58. The van der Waals surface area contributed by atoms with Crippen molar-refractivity contribution >= 4 is 23.2 Å². The van der Waals surface area contributed by atoms with Gasteiger partial charge in [0.2, 0.25) is 0 Å². The molecule has 0 spiro atoms. The fourth-order valence-electron chi connectivity index (χ4n) is 2.08. The Morgan fingerprint density at radius 1 is 1.45 bits per heavy atom. The Hall–Kier alpha value is -1.66. The molecule has 0 radical (unpaired) electrons. The molecule has 1 aliphatic rings. The summed E-state index contributed by atoms with van der Waals surface area (Å²) in [6, 6.07) is 4.04. The molecule has 1 aromatic carbocycles. The standard InChI is InChI=1S/C13H15ClN2O4/c14-11-2-1-10(7-12(11)16(18)19)13(17)15-8-9-3-5-20-6-4-9/h1-2,7,9H,3-6,8H2,(H,15,17). The van der Waals surface area contributed by atoms with E-state index in [1.807, 2.05) is 0 Å². The number of halogens is 1. The summed E-state index contributed by atoms with van der Waals surface area (Å²) < 4.78 is 5.24. The van der Waals surface area contributed by atoms with Crippen molar-refractivity contribution in [2.24, 2.45) is 5.92 Å². The number of ether oxygens (including phenoxy) is 1. The van der Waals surface area contributed by atoms with E-state index >= 15 is 0 Å². The maximum absolute atomic E-state index is 12.0. The summed E-state index contributed by atoms with van der Waals surface area (Å²) in [5.41, 5.74) is -0.0152. The molecule has 1 N–H and O–H groups in total. The molecule has 1 fully saturated rings. The van der Waals surface area contributed by atoms with Crippen LogP contribution < -0.4 is 5.32 Å². The number of amides is 1. The van der Waals surface area contributed by atoms with E-state index < -0.39 is 4.92 Å². The summed E-state index contributed by atoms with van der Waals surface area (Å²) in [6.45, 7) is 1.98. The number of carbonyl (C=O) groups is 1. The minimum Gasteiger partial charge on any atom is -0.381 e. The van der Waals surface area contributed by atoms with Crippen molar-refractivity contribution in [3.63, 3.8) is 0 Å². The molecule has 2 rings (SSSR count). The molecule has 6 nitrogen and oxygen atoms in total. The summed E-state index contributed by atoms with van der Waals surface area (Å²) in [6.07, 6.45) is 1.84. The Kier molecular flexibility index (Phi) is 4.92. The smallest absolute Gasteiger partial charge is 0.288 e. The van der Waals surface area contributed by atoms with Crippen molar-refractivity contribution in [3.05, 3.63) is 38.9 Å². The van der Waals surface area contributed by atoms with Crippen LogP contribution in [0.2, 0.25) is 5.02 Å². The highest BCUT2D eigenvalue weighted by Gasteiger charge is 2.18. The normalized spacial score (nSPS) is 15.8. The van der Waals surface area contributed by atoms with Crippen LogP contribution in [0.15, 0.2) is 18.2 Å². The van der Waals surface area contributed by atoms with Gasteiger partial charge in [-0.25, -0.2) is 0 Å². The van der Waals surface area contributed by atoms with Crippen LogP contribution in [-0.2, 0) is 4.74 Å². The van der Waals surface area contributed by atoms with Gasteiger partial charge in [-0.05, 0) is 30.9 Å². The minimum absolute atomic E-state index is 0.0241. The van der Waals surface area contributed by atoms with Crippen LogP contribution in [0.3, 0.4) is 0 Å². The number of benzene rings is 1. The van der Waals surface area contributed by atoms with Crippen LogP contribution in [0, 0.1) is 16.0 Å². The lowest BCUT2D eigenvalue weighted by Crippen LogP contribution is -2.32. The summed E-state index contributed by atoms with van der Waals surface area (Å²) in [5, 5.41) is 13.6. The molecule has 20 heavy (non-hydrogen) atoms. The molecule has 0 aliphatic carbocycles. The third-order valence-electron chi connectivity index (χ3n) is 3.30. The van der Waals surface area contributed by atoms with Gasteiger partial charge in [0.05, 0.1) is 4.92 Å². The lowest BCUT2D eigenvalue weighted by atomic mass is 10.0. The van der Waals surface area contributed by atoms with Crippen LogP contribution in [-0.4, -0.2) is 30.6 Å². The molecule has 0 bridgehead atoms. The van der Waals surface area contributed by atoms with E-state index in [9.17, 15) is 14.9 Å². The topological polar surface area (TPSA) is 81.5 Å². The largest absolute Gasteiger partial charge is 0.381 e. The molecule has 1 aliphatic heterocycles. The number of nitro groups is 1. The van der Waals surface area contributed by atoms with E-state index in [1.165, 1.54) is 18.2 Å². The van der Waals surface area contributed by atoms with Crippen LogP contribution >= 0.6 is 11.6 Å². The molecule has 1 saturated heterocycles. The van der Waals surface area contributed by atoms with Crippen LogP contribution in [0.25, 0.3) is 0 Å². The van der Waals surface area contributed by atoms with Gasteiger partial charge in [-0.15, -0.1) is 0 Å². The van der Waals surface area contributed by atoms with E-state index in [2.05, 4.69) is 5.32 Å². The van der Waals surface area contributed by atoms with E-state index in [1.54, 1.807) is 0 Å². The quantitative estimate of drug-likeness (QED) is 0.683. The lowest BCUT2D eigenvalue weighted by Gasteiger charge is -2.22. The first-order valence-corrected chi connectivity index (χ1v) is 6.75. The maximum Gasteiger partial charge on any atom is 0.288 e. The van der Waals surface area contributed by atoms with E-state index in [4.69, 9.17) is 16.3 Å². The molecule has 0 atom stereocenters. The van der Waals surface area contributed by atoms with Crippen LogP contribution in [0.4, 0.5) is 5.69 Å². The number of nitro benzene ring substituents is 1. The minimum atomic E-state index is -0.600. The number of hydrogen-bond acceptors (Lipinski definition) is 4. The molecule has 1 amide bonds. The number of rotatable bonds is 4. The highest BCUT2D eigenvalue weighted by atomic mass is 35.5. The zero-order valence-electron chi connectivity index (χ0n) is 10.8. The highest BCUT2D eigenvalue weighted by Crippen LogP contribution is 2.25. The van der Waals surface area contributed by atoms with Gasteiger partial charge in [0.25, 0.3) is 11.6 Å². The molecule has 0 saturated carbocycles. The summed E-state index contributed by atoms with van der Waals surface area (Å²) >= 11 is 5.71. The molecule has 7 heteroatoms. The van der Waals surface area contributed by atoms with Crippen molar-refractivity contribution in [2.75, 3.05) is 19.8 Å². The van der Waals surface area contributed by atoms with Gasteiger partial charge in [-0.3, -0.25) is 14.9 Å². The van der Waals surface area contributed by atoms with Crippen LogP contribution in [0.1, 0.15) is 23.2 Å². The first kappa shape index (κ1) is 14.7. The fourth-order valence-corrected chi connectivity index (χ4v) is 2.27. The molecular formula is C13H15ClN2O4. The Morgan fingerprint density at radius 3 is 2.80 bits per heavy atom. The lowest BCUT2D eigenvalue weighted by molar-refractivity contribution is -0.384. The van der Waals surface area contributed by atoms with Gasteiger partial charge < -0.3 is 10.1 Å². The monoisotopic (exact) mass is 298 g/mol. The first-order valence-electron chi connectivity index (χ1n) is 6.38. The second kappa shape index (κ2) is 6.67. The highest BCUT2D eigenvalue weighted by molar-refractivity contribution is 6.32. The number of carbonyl (C=O) groups excluding carboxylic acids is 1. The Bertz CT molecular complexity index is 515. The Labute approximate surface area is 121 Å². The molecule has 1 heterocycles. The van der Waals surface area contributed by atoms with Gasteiger partial charge >= 0.3 is 0 Å². The molecule has 108 valence electrons. The number of nitrogens with one attached hydrogen (secondary N) is 1. The van der Waals surface area contributed by atoms with Gasteiger partial charge in [0.1, 0.15) is 5.02 Å². The maximum atomic E-state index is 12.0. The molecule has 1 aromatic rings. The number of hydrogen-bond donors (Lipinski definition) is 1. The molecule has 0 aromatic heterocycles. The van der Waals surface area contributed by atoms with E-state index in [-0.39, 0.29) is 22.2 Å². The second-order valence-corrected chi connectivity index (χ2v) is 5.10. The van der Waals surface area contributed by atoms with Crippen molar-refractivity contribution < 1.29 is 14.5 Å². The summed E-state index contributed by atoms with van der Waals surface area (Å²) in [7, 11) is 0. The van der Waals surface area contributed by atoms with E-state index in [0.29, 0.717) is 25.7 Å². The predicted molar refractivity (Wildman–Crippen MR) is 74.0 cm³/mol. The van der Waals surface area contributed by atoms with Gasteiger partial charge in [0.15, 0.2) is 0 Å². The molecule has 0 unspecified atom stereocenters.